The molecule has 0 aromatic rings. The summed E-state index contributed by atoms with van der Waals surface area (Å²) in [6.45, 7) is 10.4. The fourth-order valence-electron chi connectivity index (χ4n) is 1.47. The van der Waals surface area contributed by atoms with E-state index in [0.29, 0.717) is 26.4 Å². The number of nitrogens with zero attached hydrogens (tertiary/aromatic N) is 1. The number of rotatable bonds is 12. The number of nitrogens with one attached hydrogen (secondary N) is 1. The van der Waals surface area contributed by atoms with E-state index in [4.69, 9.17) is 9.47 Å². The minimum atomic E-state index is -0.441. The van der Waals surface area contributed by atoms with Crippen LogP contribution in [0.1, 0.15) is 13.8 Å². The first-order chi connectivity index (χ1) is 8.24. The molecule has 0 spiro atoms. The number of hydrogen-bond acceptors (Lipinski definition) is 5. The summed E-state index contributed by atoms with van der Waals surface area (Å²) in [7, 11) is 1.63. The quantitative estimate of drug-likeness (QED) is 0.474. The van der Waals surface area contributed by atoms with Crippen molar-refractivity contribution in [2.75, 3.05) is 59.7 Å². The second kappa shape index (κ2) is 12.3. The molecule has 0 fully saturated rings. The zero-order valence-corrected chi connectivity index (χ0v) is 11.4. The molecule has 17 heavy (non-hydrogen) atoms. The molecule has 0 rings (SSSR count). The van der Waals surface area contributed by atoms with Crippen molar-refractivity contribution in [3.05, 3.63) is 0 Å². The molecule has 0 radical (unpaired) electrons. The van der Waals surface area contributed by atoms with Gasteiger partial charge in [0.25, 0.3) is 0 Å². The van der Waals surface area contributed by atoms with E-state index in [1.807, 2.05) is 0 Å². The lowest BCUT2D eigenvalue weighted by Crippen LogP contribution is -2.36. The molecule has 0 amide bonds. The molecule has 1 atom stereocenters. The van der Waals surface area contributed by atoms with Crippen LogP contribution < -0.4 is 5.32 Å². The Balaban J connectivity index is 3.29. The highest BCUT2D eigenvalue weighted by Crippen LogP contribution is 1.86. The Morgan fingerprint density at radius 3 is 2.53 bits per heavy atom. The molecule has 0 aliphatic rings. The van der Waals surface area contributed by atoms with Crippen LogP contribution in [0.15, 0.2) is 0 Å². The van der Waals surface area contributed by atoms with Gasteiger partial charge in [0.1, 0.15) is 0 Å². The van der Waals surface area contributed by atoms with E-state index in [1.165, 1.54) is 0 Å². The Morgan fingerprint density at radius 2 is 1.94 bits per heavy atom. The van der Waals surface area contributed by atoms with E-state index in [1.54, 1.807) is 7.11 Å². The molecule has 0 aromatic heterocycles. The maximum absolute atomic E-state index is 9.59. The van der Waals surface area contributed by atoms with Gasteiger partial charge in [-0.3, -0.25) is 0 Å². The van der Waals surface area contributed by atoms with Gasteiger partial charge in [-0.05, 0) is 13.1 Å². The van der Waals surface area contributed by atoms with Gasteiger partial charge in [-0.1, -0.05) is 13.8 Å². The lowest BCUT2D eigenvalue weighted by molar-refractivity contribution is 0.0137. The average Bonchev–Trinajstić information content (AvgIpc) is 2.35. The van der Waals surface area contributed by atoms with Crippen LogP contribution in [-0.4, -0.2) is 75.8 Å². The van der Waals surface area contributed by atoms with E-state index < -0.39 is 6.10 Å². The van der Waals surface area contributed by atoms with Crippen LogP contribution in [0, 0.1) is 0 Å². The lowest BCUT2D eigenvalue weighted by Gasteiger charge is -2.19. The first-order valence-electron chi connectivity index (χ1n) is 6.42. The SMILES string of the molecule is CCN(CC)CCNCC(O)COCCOC. The third-order valence-corrected chi connectivity index (χ3v) is 2.62. The molecule has 0 saturated carbocycles. The van der Waals surface area contributed by atoms with Gasteiger partial charge in [-0.25, -0.2) is 0 Å². The van der Waals surface area contributed by atoms with Crippen molar-refractivity contribution in [1.29, 1.82) is 0 Å². The smallest absolute Gasteiger partial charge is 0.0897 e. The second-order valence-corrected chi connectivity index (χ2v) is 3.95. The molecule has 5 nitrogen and oxygen atoms in total. The highest BCUT2D eigenvalue weighted by atomic mass is 16.5. The van der Waals surface area contributed by atoms with E-state index in [-0.39, 0.29) is 0 Å². The topological polar surface area (TPSA) is 54.0 Å². The van der Waals surface area contributed by atoms with Crippen molar-refractivity contribution < 1.29 is 14.6 Å². The fraction of sp³-hybridized carbons (Fsp3) is 1.00. The van der Waals surface area contributed by atoms with E-state index in [2.05, 4.69) is 24.1 Å². The molecule has 0 heterocycles. The predicted molar refractivity (Wildman–Crippen MR) is 69.4 cm³/mol. The largest absolute Gasteiger partial charge is 0.389 e. The molecule has 0 bridgehead atoms. The molecule has 2 N–H and O–H groups in total. The predicted octanol–water partition coefficient (Wildman–Crippen LogP) is -0.0583. The van der Waals surface area contributed by atoms with Crippen molar-refractivity contribution in [3.8, 4) is 0 Å². The number of hydrogen-bond donors (Lipinski definition) is 2. The number of methoxy groups -OCH3 is 1. The highest BCUT2D eigenvalue weighted by Gasteiger charge is 2.04. The summed E-state index contributed by atoms with van der Waals surface area (Å²) in [5, 5.41) is 12.8. The Hall–Kier alpha value is -0.200. The van der Waals surface area contributed by atoms with Gasteiger partial charge in [0.05, 0.1) is 25.9 Å². The molecule has 1 unspecified atom stereocenters. The van der Waals surface area contributed by atoms with Crippen molar-refractivity contribution in [2.24, 2.45) is 0 Å². The molecule has 5 heteroatoms. The van der Waals surface area contributed by atoms with Gasteiger partial charge in [0, 0.05) is 26.7 Å². The van der Waals surface area contributed by atoms with Crippen LogP contribution in [0.25, 0.3) is 0 Å². The van der Waals surface area contributed by atoms with E-state index in [9.17, 15) is 5.11 Å². The van der Waals surface area contributed by atoms with Gasteiger partial charge in [0.2, 0.25) is 0 Å². The minimum Gasteiger partial charge on any atom is -0.389 e. The summed E-state index contributed by atoms with van der Waals surface area (Å²) < 4.78 is 10.1. The Morgan fingerprint density at radius 1 is 1.24 bits per heavy atom. The summed E-state index contributed by atoms with van der Waals surface area (Å²) in [6, 6.07) is 0. The molecular formula is C12H28N2O3. The Bertz CT molecular complexity index is 155. The van der Waals surface area contributed by atoms with Gasteiger partial charge in [0.15, 0.2) is 0 Å². The Kier molecular flexibility index (Phi) is 12.1. The number of likely N-dealkylation sites (N-methyl/N-ethyl adjacent to an activating group) is 1. The summed E-state index contributed by atoms with van der Waals surface area (Å²) in [5.41, 5.74) is 0. The normalized spacial score (nSPS) is 13.2. The Labute approximate surface area is 105 Å². The summed E-state index contributed by atoms with van der Waals surface area (Å²) in [6.07, 6.45) is -0.441. The zero-order valence-electron chi connectivity index (χ0n) is 11.4. The standard InChI is InChI=1S/C12H28N2O3/c1-4-14(5-2)7-6-13-10-12(15)11-17-9-8-16-3/h12-13,15H,4-11H2,1-3H3. The zero-order chi connectivity index (χ0) is 12.9. The molecule has 0 aromatic carbocycles. The van der Waals surface area contributed by atoms with Crippen molar-refractivity contribution >= 4 is 0 Å². The van der Waals surface area contributed by atoms with Gasteiger partial charge in [-0.2, -0.15) is 0 Å². The van der Waals surface area contributed by atoms with Crippen LogP contribution in [0.2, 0.25) is 0 Å². The lowest BCUT2D eigenvalue weighted by atomic mass is 10.3. The van der Waals surface area contributed by atoms with Crippen LogP contribution in [0.4, 0.5) is 0 Å². The number of ether oxygens (including phenoxy) is 2. The van der Waals surface area contributed by atoms with Crippen molar-refractivity contribution in [2.45, 2.75) is 20.0 Å². The third-order valence-electron chi connectivity index (χ3n) is 2.62. The van der Waals surface area contributed by atoms with Crippen molar-refractivity contribution in [1.82, 2.24) is 10.2 Å². The van der Waals surface area contributed by atoms with Gasteiger partial charge < -0.3 is 24.8 Å². The first-order valence-corrected chi connectivity index (χ1v) is 6.42. The molecule has 104 valence electrons. The summed E-state index contributed by atoms with van der Waals surface area (Å²) in [5.74, 6) is 0. The maximum Gasteiger partial charge on any atom is 0.0897 e. The highest BCUT2D eigenvalue weighted by molar-refractivity contribution is 4.61. The van der Waals surface area contributed by atoms with Gasteiger partial charge in [-0.15, -0.1) is 0 Å². The second-order valence-electron chi connectivity index (χ2n) is 3.95. The number of aliphatic hydroxyl groups is 1. The third kappa shape index (κ3) is 10.7. The number of aliphatic hydroxyl groups excluding tert-OH is 1. The summed E-state index contributed by atoms with van der Waals surface area (Å²) >= 11 is 0. The van der Waals surface area contributed by atoms with Crippen LogP contribution >= 0.6 is 0 Å². The van der Waals surface area contributed by atoms with Gasteiger partial charge >= 0.3 is 0 Å². The van der Waals surface area contributed by atoms with Crippen LogP contribution in [0.3, 0.4) is 0 Å². The first kappa shape index (κ1) is 16.8. The van der Waals surface area contributed by atoms with E-state index in [0.717, 1.165) is 26.2 Å². The van der Waals surface area contributed by atoms with Crippen molar-refractivity contribution in [3.63, 3.8) is 0 Å². The molecular weight excluding hydrogens is 220 g/mol. The van der Waals surface area contributed by atoms with Crippen LogP contribution in [-0.2, 0) is 9.47 Å². The maximum atomic E-state index is 9.59. The average molecular weight is 248 g/mol. The molecule has 0 aliphatic carbocycles. The molecule has 0 aliphatic heterocycles. The van der Waals surface area contributed by atoms with E-state index >= 15 is 0 Å². The monoisotopic (exact) mass is 248 g/mol. The fourth-order valence-corrected chi connectivity index (χ4v) is 1.47. The van der Waals surface area contributed by atoms with Crippen LogP contribution in [0.5, 0.6) is 0 Å². The summed E-state index contributed by atoms with van der Waals surface area (Å²) in [4.78, 5) is 2.34. The molecule has 0 saturated heterocycles. The minimum absolute atomic E-state index is 0.363.